The molecule has 0 spiro atoms. The van der Waals surface area contributed by atoms with Gasteiger partial charge in [-0.2, -0.15) is 4.31 Å². The summed E-state index contributed by atoms with van der Waals surface area (Å²) in [6.07, 6.45) is -1.25. The zero-order valence-electron chi connectivity index (χ0n) is 16.0. The van der Waals surface area contributed by atoms with E-state index in [2.05, 4.69) is 0 Å². The molecular formula is C20H19F2NO6S. The molecule has 1 aliphatic heterocycles. The van der Waals surface area contributed by atoms with Gasteiger partial charge in [-0.15, -0.1) is 0 Å². The Morgan fingerprint density at radius 2 is 1.60 bits per heavy atom. The lowest BCUT2D eigenvalue weighted by Crippen LogP contribution is -2.40. The topological polar surface area (TPSA) is 90.0 Å². The number of ketones is 1. The van der Waals surface area contributed by atoms with E-state index in [0.29, 0.717) is 13.2 Å². The van der Waals surface area contributed by atoms with E-state index in [1.54, 1.807) is 0 Å². The Labute approximate surface area is 172 Å². The Morgan fingerprint density at radius 3 is 2.20 bits per heavy atom. The fourth-order valence-electron chi connectivity index (χ4n) is 2.87. The molecule has 1 heterocycles. The van der Waals surface area contributed by atoms with Crippen molar-refractivity contribution in [2.45, 2.75) is 17.9 Å². The van der Waals surface area contributed by atoms with E-state index in [9.17, 15) is 26.8 Å². The Kier molecular flexibility index (Phi) is 6.59. The summed E-state index contributed by atoms with van der Waals surface area (Å²) < 4.78 is 63.0. The predicted octanol–water partition coefficient (Wildman–Crippen LogP) is 2.41. The third-order valence-electron chi connectivity index (χ3n) is 4.56. The molecule has 0 bridgehead atoms. The summed E-state index contributed by atoms with van der Waals surface area (Å²) in [6, 6.07) is 7.76. The second-order valence-electron chi connectivity index (χ2n) is 6.58. The van der Waals surface area contributed by atoms with Crippen molar-refractivity contribution in [3.05, 3.63) is 65.2 Å². The van der Waals surface area contributed by atoms with Crippen LogP contribution in [-0.2, 0) is 19.5 Å². The summed E-state index contributed by atoms with van der Waals surface area (Å²) in [4.78, 5) is 24.6. The Balaban J connectivity index is 1.68. The summed E-state index contributed by atoms with van der Waals surface area (Å²) in [7, 11) is -3.70. The van der Waals surface area contributed by atoms with Crippen LogP contribution in [0, 0.1) is 11.6 Å². The van der Waals surface area contributed by atoms with Crippen LogP contribution < -0.4 is 0 Å². The third kappa shape index (κ3) is 4.72. The van der Waals surface area contributed by atoms with Crippen LogP contribution in [0.15, 0.2) is 47.4 Å². The highest BCUT2D eigenvalue weighted by atomic mass is 32.2. The van der Waals surface area contributed by atoms with E-state index in [-0.39, 0.29) is 29.1 Å². The molecular weight excluding hydrogens is 420 g/mol. The van der Waals surface area contributed by atoms with E-state index >= 15 is 0 Å². The molecule has 0 radical (unpaired) electrons. The Morgan fingerprint density at radius 1 is 1.00 bits per heavy atom. The van der Waals surface area contributed by atoms with Gasteiger partial charge in [0.15, 0.2) is 17.7 Å². The number of rotatable bonds is 6. The lowest BCUT2D eigenvalue weighted by molar-refractivity contribution is 0.0318. The number of halogens is 2. The summed E-state index contributed by atoms with van der Waals surface area (Å²) in [5.41, 5.74) is -0.0954. The van der Waals surface area contributed by atoms with Gasteiger partial charge in [-0.25, -0.2) is 22.0 Å². The minimum absolute atomic E-state index is 0.0202. The van der Waals surface area contributed by atoms with Gasteiger partial charge in [0, 0.05) is 18.7 Å². The van der Waals surface area contributed by atoms with Crippen LogP contribution in [0.25, 0.3) is 0 Å². The molecule has 7 nitrogen and oxygen atoms in total. The van der Waals surface area contributed by atoms with Gasteiger partial charge in [0.05, 0.1) is 23.7 Å². The first kappa shape index (κ1) is 22.0. The lowest BCUT2D eigenvalue weighted by atomic mass is 10.1. The van der Waals surface area contributed by atoms with Crippen LogP contribution in [0.4, 0.5) is 8.78 Å². The number of sulfonamides is 1. The van der Waals surface area contributed by atoms with Crippen molar-refractivity contribution in [2.24, 2.45) is 0 Å². The van der Waals surface area contributed by atoms with Crippen LogP contribution in [0.3, 0.4) is 0 Å². The number of benzene rings is 2. The maximum atomic E-state index is 13.3. The molecule has 1 atom stereocenters. The van der Waals surface area contributed by atoms with Gasteiger partial charge in [-0.3, -0.25) is 4.79 Å². The van der Waals surface area contributed by atoms with Crippen LogP contribution in [0.1, 0.15) is 27.6 Å². The second kappa shape index (κ2) is 8.99. The molecule has 3 rings (SSSR count). The van der Waals surface area contributed by atoms with Gasteiger partial charge in [0.25, 0.3) is 0 Å². The molecule has 10 heteroatoms. The number of ether oxygens (including phenoxy) is 2. The molecule has 1 unspecified atom stereocenters. The fraction of sp³-hybridized carbons (Fsp3) is 0.300. The molecule has 0 amide bonds. The largest absolute Gasteiger partial charge is 0.451 e. The number of morpholine rings is 1. The standard InChI is InChI=1S/C20H19F2NO6S/c1-13(19(24)15-4-7-17(21)18(22)12-15)29-20(25)14-2-5-16(6-3-14)30(26,27)23-8-10-28-11-9-23/h2-7,12-13H,8-11H2,1H3. The minimum atomic E-state index is -3.70. The molecule has 1 saturated heterocycles. The van der Waals surface area contributed by atoms with Crippen LogP contribution >= 0.6 is 0 Å². The second-order valence-corrected chi connectivity index (χ2v) is 8.52. The minimum Gasteiger partial charge on any atom is -0.451 e. The van der Waals surface area contributed by atoms with Gasteiger partial charge >= 0.3 is 5.97 Å². The van der Waals surface area contributed by atoms with Gasteiger partial charge < -0.3 is 9.47 Å². The molecule has 1 fully saturated rings. The van der Waals surface area contributed by atoms with Gasteiger partial charge in [0.1, 0.15) is 0 Å². The number of nitrogens with zero attached hydrogens (tertiary/aromatic N) is 1. The van der Waals surface area contributed by atoms with Gasteiger partial charge in [0.2, 0.25) is 15.8 Å². The van der Waals surface area contributed by atoms with Crippen molar-refractivity contribution in [3.63, 3.8) is 0 Å². The number of Topliss-reactive ketones (excluding diaryl/α,β-unsaturated/α-hetero) is 1. The van der Waals surface area contributed by atoms with E-state index < -0.39 is 39.5 Å². The molecule has 1 aliphatic rings. The molecule has 2 aromatic carbocycles. The number of carbonyl (C=O) groups excluding carboxylic acids is 2. The fourth-order valence-corrected chi connectivity index (χ4v) is 4.27. The Bertz CT molecular complexity index is 1050. The molecule has 2 aromatic rings. The van der Waals surface area contributed by atoms with Crippen molar-refractivity contribution in [3.8, 4) is 0 Å². The molecule has 0 aromatic heterocycles. The maximum Gasteiger partial charge on any atom is 0.338 e. The van der Waals surface area contributed by atoms with Crippen molar-refractivity contribution >= 4 is 21.8 Å². The van der Waals surface area contributed by atoms with Crippen molar-refractivity contribution in [2.75, 3.05) is 26.3 Å². The van der Waals surface area contributed by atoms with Crippen molar-refractivity contribution in [1.29, 1.82) is 0 Å². The maximum absolute atomic E-state index is 13.3. The van der Waals surface area contributed by atoms with E-state index in [1.807, 2.05) is 0 Å². The summed E-state index contributed by atoms with van der Waals surface area (Å²) in [5.74, 6) is -3.83. The summed E-state index contributed by atoms with van der Waals surface area (Å²) >= 11 is 0. The normalized spacial score (nSPS) is 16.1. The van der Waals surface area contributed by atoms with Crippen LogP contribution in [0.5, 0.6) is 0 Å². The van der Waals surface area contributed by atoms with E-state index in [1.165, 1.54) is 35.5 Å². The first-order valence-electron chi connectivity index (χ1n) is 9.08. The number of hydrogen-bond acceptors (Lipinski definition) is 6. The van der Waals surface area contributed by atoms with Crippen molar-refractivity contribution < 1.29 is 36.3 Å². The molecule has 0 aliphatic carbocycles. The number of carbonyl (C=O) groups is 2. The zero-order chi connectivity index (χ0) is 21.9. The highest BCUT2D eigenvalue weighted by Crippen LogP contribution is 2.19. The smallest absolute Gasteiger partial charge is 0.338 e. The van der Waals surface area contributed by atoms with E-state index in [0.717, 1.165) is 18.2 Å². The zero-order valence-corrected chi connectivity index (χ0v) is 16.8. The third-order valence-corrected chi connectivity index (χ3v) is 6.47. The predicted molar refractivity (Wildman–Crippen MR) is 102 cm³/mol. The van der Waals surface area contributed by atoms with Crippen LogP contribution in [-0.4, -0.2) is 56.9 Å². The van der Waals surface area contributed by atoms with Crippen molar-refractivity contribution in [1.82, 2.24) is 4.31 Å². The molecule has 160 valence electrons. The SMILES string of the molecule is CC(OC(=O)c1ccc(S(=O)(=O)N2CCOCC2)cc1)C(=O)c1ccc(F)c(F)c1. The summed E-state index contributed by atoms with van der Waals surface area (Å²) in [6.45, 7) is 2.42. The lowest BCUT2D eigenvalue weighted by Gasteiger charge is -2.26. The number of hydrogen-bond donors (Lipinski definition) is 0. The van der Waals surface area contributed by atoms with Gasteiger partial charge in [-0.05, 0) is 49.4 Å². The quantitative estimate of drug-likeness (QED) is 0.507. The molecule has 0 N–H and O–H groups in total. The average molecular weight is 439 g/mol. The highest BCUT2D eigenvalue weighted by Gasteiger charge is 2.27. The monoisotopic (exact) mass is 439 g/mol. The first-order chi connectivity index (χ1) is 14.2. The first-order valence-corrected chi connectivity index (χ1v) is 10.5. The average Bonchev–Trinajstić information content (AvgIpc) is 2.75. The summed E-state index contributed by atoms with van der Waals surface area (Å²) in [5, 5.41) is 0. The number of esters is 1. The highest BCUT2D eigenvalue weighted by molar-refractivity contribution is 7.89. The molecule has 30 heavy (non-hydrogen) atoms. The Hall–Kier alpha value is -2.69. The van der Waals surface area contributed by atoms with Crippen LogP contribution in [0.2, 0.25) is 0 Å². The van der Waals surface area contributed by atoms with E-state index in [4.69, 9.17) is 9.47 Å². The molecule has 0 saturated carbocycles. The van der Waals surface area contributed by atoms with Gasteiger partial charge in [-0.1, -0.05) is 0 Å².